The van der Waals surface area contributed by atoms with Crippen LogP contribution in [0.15, 0.2) is 51.0 Å². The Bertz CT molecular complexity index is 1180. The Morgan fingerprint density at radius 1 is 1.16 bits per heavy atom. The van der Waals surface area contributed by atoms with Crippen LogP contribution in [0.5, 0.6) is 11.5 Å². The van der Waals surface area contributed by atoms with Crippen LogP contribution in [-0.2, 0) is 4.79 Å². The largest absolute Gasteiger partial charge is 0.490 e. The van der Waals surface area contributed by atoms with Crippen LogP contribution < -0.4 is 25.4 Å². The van der Waals surface area contributed by atoms with Crippen molar-refractivity contribution in [2.75, 3.05) is 19.0 Å². The second-order valence-corrected chi connectivity index (χ2v) is 9.05. The van der Waals surface area contributed by atoms with Crippen molar-refractivity contribution in [3.63, 3.8) is 0 Å². The van der Waals surface area contributed by atoms with Gasteiger partial charge >= 0.3 is 0 Å². The zero-order valence-electron chi connectivity index (χ0n) is 18.2. The van der Waals surface area contributed by atoms with Crippen LogP contribution in [0.1, 0.15) is 38.9 Å². The highest BCUT2D eigenvalue weighted by atomic mass is 79.9. The van der Waals surface area contributed by atoms with Gasteiger partial charge in [0.1, 0.15) is 5.70 Å². The number of hydrazone groups is 1. The van der Waals surface area contributed by atoms with E-state index in [4.69, 9.17) is 19.6 Å². The highest BCUT2D eigenvalue weighted by molar-refractivity contribution is 9.10. The molecule has 1 unspecified atom stereocenters. The van der Waals surface area contributed by atoms with Gasteiger partial charge in [-0.15, -0.1) is 5.10 Å². The maximum Gasteiger partial charge on any atom is 0.276 e. The smallest absolute Gasteiger partial charge is 0.276 e. The second kappa shape index (κ2) is 9.95. The fourth-order valence-corrected chi connectivity index (χ4v) is 4.87. The fourth-order valence-electron chi connectivity index (χ4n) is 3.59. The monoisotopic (exact) mass is 516 g/mol. The molecular formula is C23H25BrN4O3S. The number of ether oxygens (including phenoxy) is 2. The first kappa shape index (κ1) is 22.7. The van der Waals surface area contributed by atoms with Crippen molar-refractivity contribution in [1.82, 2.24) is 10.3 Å². The van der Waals surface area contributed by atoms with Crippen molar-refractivity contribution in [1.29, 1.82) is 0 Å². The van der Waals surface area contributed by atoms with Crippen LogP contribution in [-0.4, -0.2) is 35.1 Å². The van der Waals surface area contributed by atoms with Crippen molar-refractivity contribution >= 4 is 44.5 Å². The summed E-state index contributed by atoms with van der Waals surface area (Å²) in [6.45, 7) is 6.98. The van der Waals surface area contributed by atoms with Gasteiger partial charge in [0, 0.05) is 16.5 Å². The number of carbonyl (C=O) groups excluding carboxylic acids is 1. The van der Waals surface area contributed by atoms with E-state index in [0.717, 1.165) is 32.8 Å². The summed E-state index contributed by atoms with van der Waals surface area (Å²) in [7, 11) is 0. The number of carbonyl (C=O) groups is 1. The van der Waals surface area contributed by atoms with Gasteiger partial charge in [-0.2, -0.15) is 0 Å². The first-order valence-electron chi connectivity index (χ1n) is 10.7. The van der Waals surface area contributed by atoms with Crippen molar-refractivity contribution < 1.29 is 14.3 Å². The average Bonchev–Trinajstić information content (AvgIpc) is 2.79. The number of fused-ring (bicyclic) bond motifs is 2. The first-order chi connectivity index (χ1) is 15.6. The summed E-state index contributed by atoms with van der Waals surface area (Å²) in [5.41, 5.74) is 1.33. The molecule has 0 aliphatic carbocycles. The topological polar surface area (TPSA) is 75.5 Å². The number of nitrogens with one attached hydrogen (secondary N) is 1. The van der Waals surface area contributed by atoms with Crippen LogP contribution in [0, 0.1) is 0 Å². The summed E-state index contributed by atoms with van der Waals surface area (Å²) in [6, 6.07) is 11.5. The lowest BCUT2D eigenvalue weighted by molar-refractivity contribution is -0.116. The molecule has 7 nitrogen and oxygen atoms in total. The van der Waals surface area contributed by atoms with Crippen LogP contribution in [0.2, 0.25) is 0 Å². The standard InChI is InChI=1S/C23H25BrN4O3S/c1-4-11-32-23-26-22(29)19-15-9-7-8-10-17(15)25-21(28(19)27-23)14-12-16(24)20(31-6-3)18(13-14)30-5-2/h7-10,12-13,21H,4-6,11H2,1-3H3,(H,26,27,29). The Morgan fingerprint density at radius 2 is 1.94 bits per heavy atom. The van der Waals surface area contributed by atoms with Gasteiger partial charge in [0.15, 0.2) is 22.8 Å². The molecule has 0 saturated carbocycles. The lowest BCUT2D eigenvalue weighted by Crippen LogP contribution is -2.50. The summed E-state index contributed by atoms with van der Waals surface area (Å²) in [5.74, 6) is 1.96. The molecule has 2 aromatic carbocycles. The number of amidine groups is 1. The molecule has 0 aromatic heterocycles. The minimum absolute atomic E-state index is 0.180. The minimum Gasteiger partial charge on any atom is -0.490 e. The van der Waals surface area contributed by atoms with Gasteiger partial charge < -0.3 is 9.47 Å². The van der Waals surface area contributed by atoms with Crippen molar-refractivity contribution in [3.8, 4) is 11.5 Å². The molecule has 0 spiro atoms. The third-order valence-electron chi connectivity index (χ3n) is 4.88. The summed E-state index contributed by atoms with van der Waals surface area (Å²) in [4.78, 5) is 18.1. The Balaban J connectivity index is 1.89. The molecule has 9 heteroatoms. The Kier molecular flexibility index (Phi) is 7.05. The summed E-state index contributed by atoms with van der Waals surface area (Å²) in [6.07, 6.45) is 0.463. The SMILES string of the molecule is CCCSC1=NN2C(=c3ccccc3=NC2c2cc(Br)c(OCC)c(OCC)c2)C(=O)N1. The highest BCUT2D eigenvalue weighted by Crippen LogP contribution is 2.41. The van der Waals surface area contributed by atoms with E-state index in [-0.39, 0.29) is 5.91 Å². The van der Waals surface area contributed by atoms with Gasteiger partial charge in [0.2, 0.25) is 0 Å². The number of amides is 1. The number of hydrogen-bond donors (Lipinski definition) is 1. The molecule has 0 fully saturated rings. The predicted molar refractivity (Wildman–Crippen MR) is 130 cm³/mol. The van der Waals surface area contributed by atoms with E-state index in [2.05, 4.69) is 28.2 Å². The molecule has 0 radical (unpaired) electrons. The van der Waals surface area contributed by atoms with E-state index in [1.54, 1.807) is 5.01 Å². The third-order valence-corrected chi connectivity index (χ3v) is 6.54. The van der Waals surface area contributed by atoms with Gasteiger partial charge in [-0.3, -0.25) is 15.1 Å². The number of halogens is 1. The normalized spacial score (nSPS) is 17.1. The molecule has 2 heterocycles. The Hall–Kier alpha value is -2.52. The number of nitrogens with zero attached hydrogens (tertiary/aromatic N) is 3. The van der Waals surface area contributed by atoms with E-state index >= 15 is 0 Å². The maximum absolute atomic E-state index is 13.1. The quantitative estimate of drug-likeness (QED) is 0.609. The van der Waals surface area contributed by atoms with Crippen molar-refractivity contribution in [3.05, 3.63) is 57.0 Å². The molecular weight excluding hydrogens is 492 g/mol. The summed E-state index contributed by atoms with van der Waals surface area (Å²) in [5, 5.41) is 11.5. The van der Waals surface area contributed by atoms with Crippen molar-refractivity contribution in [2.45, 2.75) is 33.4 Å². The van der Waals surface area contributed by atoms with E-state index in [1.165, 1.54) is 11.8 Å². The van der Waals surface area contributed by atoms with E-state index in [1.807, 2.05) is 50.2 Å². The van der Waals surface area contributed by atoms with Gasteiger partial charge in [-0.25, -0.2) is 5.01 Å². The van der Waals surface area contributed by atoms with Gasteiger partial charge in [-0.05, 0) is 54.4 Å². The van der Waals surface area contributed by atoms with Gasteiger partial charge in [-0.1, -0.05) is 36.9 Å². The Morgan fingerprint density at radius 3 is 2.69 bits per heavy atom. The van der Waals surface area contributed by atoms with Crippen molar-refractivity contribution in [2.24, 2.45) is 10.1 Å². The first-order valence-corrected chi connectivity index (χ1v) is 12.4. The van der Waals surface area contributed by atoms with E-state index in [9.17, 15) is 4.79 Å². The zero-order valence-corrected chi connectivity index (χ0v) is 20.6. The fraction of sp³-hybridized carbons (Fsp3) is 0.348. The van der Waals surface area contributed by atoms with Crippen LogP contribution in [0.3, 0.4) is 0 Å². The number of rotatable bonds is 7. The molecule has 0 saturated heterocycles. The zero-order chi connectivity index (χ0) is 22.7. The minimum atomic E-state index is -0.519. The number of benzene rings is 2. The lowest BCUT2D eigenvalue weighted by Gasteiger charge is -2.34. The average molecular weight is 517 g/mol. The molecule has 168 valence electrons. The molecule has 4 rings (SSSR count). The number of hydrogen-bond acceptors (Lipinski definition) is 7. The Labute approximate surface area is 199 Å². The molecule has 1 atom stereocenters. The van der Waals surface area contributed by atoms with E-state index < -0.39 is 6.17 Å². The van der Waals surface area contributed by atoms with E-state index in [0.29, 0.717) is 35.6 Å². The van der Waals surface area contributed by atoms with Gasteiger partial charge in [0.05, 0.1) is 23.0 Å². The molecule has 0 bridgehead atoms. The number of thioether (sulfide) groups is 1. The molecule has 1 N–H and O–H groups in total. The van der Waals surface area contributed by atoms with Crippen LogP contribution >= 0.6 is 27.7 Å². The lowest BCUT2D eigenvalue weighted by atomic mass is 10.1. The summed E-state index contributed by atoms with van der Waals surface area (Å²) < 4.78 is 12.4. The van der Waals surface area contributed by atoms with Crippen LogP contribution in [0.25, 0.3) is 5.70 Å². The molecule has 32 heavy (non-hydrogen) atoms. The third kappa shape index (κ3) is 4.36. The molecule has 2 aliphatic heterocycles. The molecule has 1 amide bonds. The van der Waals surface area contributed by atoms with Crippen LogP contribution in [0.4, 0.5) is 0 Å². The predicted octanol–water partition coefficient (Wildman–Crippen LogP) is 3.53. The molecule has 2 aliphatic rings. The highest BCUT2D eigenvalue weighted by Gasteiger charge is 2.35. The molecule has 2 aromatic rings. The summed E-state index contributed by atoms with van der Waals surface area (Å²) >= 11 is 5.15. The maximum atomic E-state index is 13.1. The van der Waals surface area contributed by atoms with Gasteiger partial charge in [0.25, 0.3) is 5.91 Å². The number of para-hydroxylation sites is 1. The second-order valence-electron chi connectivity index (χ2n) is 7.12.